The molecule has 0 heterocycles. The number of fused-ring (bicyclic) bond motifs is 4. The normalized spacial score (nSPS) is 15.6. The number of benzene rings is 4. The molecular weight excluding hydrogens is 396 g/mol. The van der Waals surface area contributed by atoms with Gasteiger partial charge in [0.1, 0.15) is 0 Å². The first-order chi connectivity index (χ1) is 16.0. The predicted octanol–water partition coefficient (Wildman–Crippen LogP) is 9.16. The van der Waals surface area contributed by atoms with E-state index in [4.69, 9.17) is 0 Å². The molecule has 4 aromatic rings. The molecule has 2 aliphatic rings. The quantitative estimate of drug-likeness (QED) is 0.304. The van der Waals surface area contributed by atoms with E-state index in [0.29, 0.717) is 0 Å². The first kappa shape index (κ1) is 20.5. The van der Waals surface area contributed by atoms with Gasteiger partial charge in [-0.25, -0.2) is 0 Å². The van der Waals surface area contributed by atoms with E-state index in [1.165, 1.54) is 43.8 Å². The molecule has 0 bridgehead atoms. The van der Waals surface area contributed by atoms with Gasteiger partial charge in [0.25, 0.3) is 0 Å². The van der Waals surface area contributed by atoms with Gasteiger partial charge in [0.2, 0.25) is 0 Å². The van der Waals surface area contributed by atoms with E-state index in [-0.39, 0.29) is 5.41 Å². The lowest BCUT2D eigenvalue weighted by atomic mass is 9.70. The molecule has 6 rings (SSSR count). The average molecular weight is 429 g/mol. The Bertz CT molecular complexity index is 1380. The van der Waals surface area contributed by atoms with Crippen molar-refractivity contribution in [2.75, 3.05) is 0 Å². The van der Waals surface area contributed by atoms with Gasteiger partial charge in [-0.15, -0.1) is 0 Å². The maximum absolute atomic E-state index is 2.48. The largest absolute Gasteiger partial charge is 0.0616 e. The molecule has 0 aliphatic heterocycles. The van der Waals surface area contributed by atoms with Gasteiger partial charge in [-0.3, -0.25) is 0 Å². The Morgan fingerprint density at radius 1 is 0.576 bits per heavy atom. The summed E-state index contributed by atoms with van der Waals surface area (Å²) in [6.07, 6.45) is 4.41. The molecule has 0 amide bonds. The first-order valence-corrected chi connectivity index (χ1v) is 12.5. The highest BCUT2D eigenvalue weighted by molar-refractivity contribution is 5.99. The molecule has 0 N–H and O–H groups in total. The minimum Gasteiger partial charge on any atom is -0.0616 e. The fourth-order valence-electron chi connectivity index (χ4n) is 6.64. The third kappa shape index (κ3) is 3.04. The predicted molar refractivity (Wildman–Crippen MR) is 144 cm³/mol. The van der Waals surface area contributed by atoms with Crippen LogP contribution in [0.5, 0.6) is 0 Å². The van der Waals surface area contributed by atoms with Gasteiger partial charge >= 0.3 is 0 Å². The van der Waals surface area contributed by atoms with Crippen LogP contribution in [0.3, 0.4) is 0 Å². The summed E-state index contributed by atoms with van der Waals surface area (Å²) in [5.74, 6) is 0. The van der Waals surface area contributed by atoms with Crippen LogP contribution in [0.4, 0.5) is 0 Å². The molecule has 0 saturated heterocycles. The van der Waals surface area contributed by atoms with E-state index >= 15 is 0 Å². The molecule has 0 aromatic heterocycles. The lowest BCUT2D eigenvalue weighted by Gasteiger charge is -2.33. The zero-order valence-electron chi connectivity index (χ0n) is 20.3. The van der Waals surface area contributed by atoms with Gasteiger partial charge in [-0.05, 0) is 92.8 Å². The molecule has 0 saturated carbocycles. The Labute approximate surface area is 197 Å². The topological polar surface area (TPSA) is 0 Å². The monoisotopic (exact) mass is 428 g/mol. The lowest BCUT2D eigenvalue weighted by molar-refractivity contribution is 0.664. The molecule has 0 atom stereocenters. The highest BCUT2D eigenvalue weighted by atomic mass is 14.4. The van der Waals surface area contributed by atoms with Crippen molar-refractivity contribution in [1.82, 2.24) is 0 Å². The summed E-state index contributed by atoms with van der Waals surface area (Å²) in [5.41, 5.74) is 12.3. The van der Waals surface area contributed by atoms with E-state index < -0.39 is 0 Å². The van der Waals surface area contributed by atoms with Crippen LogP contribution >= 0.6 is 0 Å². The summed E-state index contributed by atoms with van der Waals surface area (Å²) < 4.78 is 0. The second-order valence-corrected chi connectivity index (χ2v) is 10.4. The van der Waals surface area contributed by atoms with Crippen LogP contribution in [0.15, 0.2) is 83.9 Å². The molecule has 0 nitrogen and oxygen atoms in total. The van der Waals surface area contributed by atoms with Crippen molar-refractivity contribution in [2.24, 2.45) is 5.41 Å². The summed E-state index contributed by atoms with van der Waals surface area (Å²) in [6, 6.07) is 27.5. The highest BCUT2D eigenvalue weighted by Gasteiger charge is 2.39. The van der Waals surface area contributed by atoms with E-state index in [1.807, 2.05) is 0 Å². The van der Waals surface area contributed by atoms with Crippen molar-refractivity contribution >= 4 is 32.7 Å². The van der Waals surface area contributed by atoms with Gasteiger partial charge in [0, 0.05) is 5.41 Å². The van der Waals surface area contributed by atoms with Crippen LogP contribution in [-0.2, 0) is 12.8 Å². The number of allylic oxidation sites excluding steroid dienone is 4. The molecule has 0 heteroatoms. The van der Waals surface area contributed by atoms with E-state index in [1.54, 1.807) is 22.3 Å². The number of rotatable bonds is 4. The molecule has 0 unspecified atom stereocenters. The zero-order chi connectivity index (χ0) is 22.7. The van der Waals surface area contributed by atoms with Gasteiger partial charge in [-0.2, -0.15) is 0 Å². The van der Waals surface area contributed by atoms with Crippen molar-refractivity contribution in [3.8, 4) is 0 Å². The van der Waals surface area contributed by atoms with Crippen molar-refractivity contribution < 1.29 is 0 Å². The highest BCUT2D eigenvalue weighted by Crippen LogP contribution is 2.56. The van der Waals surface area contributed by atoms with Crippen LogP contribution in [0.25, 0.3) is 32.7 Å². The third-order valence-electron chi connectivity index (χ3n) is 8.10. The zero-order valence-corrected chi connectivity index (χ0v) is 20.3. The summed E-state index contributed by atoms with van der Waals surface area (Å²) in [5, 5.41) is 5.42. The Morgan fingerprint density at radius 3 is 1.30 bits per heavy atom. The summed E-state index contributed by atoms with van der Waals surface area (Å²) in [4.78, 5) is 0. The van der Waals surface area contributed by atoms with Crippen LogP contribution in [0, 0.1) is 5.41 Å². The second-order valence-electron chi connectivity index (χ2n) is 10.4. The molecule has 0 fully saturated rings. The van der Waals surface area contributed by atoms with Crippen LogP contribution < -0.4 is 0 Å². The fraction of sp³-hybridized carbons (Fsp3) is 0.273. The first-order valence-electron chi connectivity index (χ1n) is 12.5. The second kappa shape index (κ2) is 7.45. The van der Waals surface area contributed by atoms with Gasteiger partial charge in [-0.1, -0.05) is 99.5 Å². The summed E-state index contributed by atoms with van der Waals surface area (Å²) in [6.45, 7) is 9.64. The Kier molecular flexibility index (Phi) is 4.63. The van der Waals surface area contributed by atoms with Crippen LogP contribution in [0.2, 0.25) is 0 Å². The molecule has 164 valence electrons. The van der Waals surface area contributed by atoms with E-state index in [2.05, 4.69) is 100 Å². The lowest BCUT2D eigenvalue weighted by Crippen LogP contribution is -2.17. The van der Waals surface area contributed by atoms with E-state index in [9.17, 15) is 0 Å². The maximum atomic E-state index is 2.48. The van der Waals surface area contributed by atoms with Gasteiger partial charge in [0.05, 0.1) is 0 Å². The summed E-state index contributed by atoms with van der Waals surface area (Å²) in [7, 11) is 0. The molecule has 0 spiro atoms. The Morgan fingerprint density at radius 2 is 0.939 bits per heavy atom. The van der Waals surface area contributed by atoms with Crippen LogP contribution in [0.1, 0.15) is 62.8 Å². The number of hydrogen-bond donors (Lipinski definition) is 0. The Hall–Kier alpha value is -3.12. The van der Waals surface area contributed by atoms with Crippen molar-refractivity contribution in [3.63, 3.8) is 0 Å². The minimum atomic E-state index is -0.0297. The molecule has 4 aromatic carbocycles. The maximum Gasteiger partial charge on any atom is 0.0157 e. The average Bonchev–Trinajstić information content (AvgIpc) is 3.38. The molecule has 2 aliphatic carbocycles. The standard InChI is InChI=1S/C33H32/c1-5-21-15-27-17-23-11-7-9-13-25(23)19-29(27)31(21)33(3,4)32-22(6-2)16-28-18-24-12-8-10-14-26(24)20-30(28)32/h7-14,17-20H,5-6,15-16H2,1-4H3. The van der Waals surface area contributed by atoms with Crippen LogP contribution in [-0.4, -0.2) is 0 Å². The van der Waals surface area contributed by atoms with E-state index in [0.717, 1.165) is 25.7 Å². The molecular formula is C33H32. The SMILES string of the molecule is CCC1=C(C(C)(C)C2=C(CC)Cc3cc4ccccc4cc32)c2cc3ccccc3cc2C1. The van der Waals surface area contributed by atoms with Gasteiger partial charge < -0.3 is 0 Å². The molecule has 33 heavy (non-hydrogen) atoms. The Balaban J connectivity index is 1.57. The van der Waals surface area contributed by atoms with Crippen molar-refractivity contribution in [1.29, 1.82) is 0 Å². The summed E-state index contributed by atoms with van der Waals surface area (Å²) >= 11 is 0. The third-order valence-corrected chi connectivity index (χ3v) is 8.10. The minimum absolute atomic E-state index is 0.0297. The fourth-order valence-corrected chi connectivity index (χ4v) is 6.64. The molecule has 0 radical (unpaired) electrons. The van der Waals surface area contributed by atoms with Gasteiger partial charge in [0.15, 0.2) is 0 Å². The van der Waals surface area contributed by atoms with Crippen molar-refractivity contribution in [2.45, 2.75) is 53.4 Å². The smallest absolute Gasteiger partial charge is 0.0157 e. The van der Waals surface area contributed by atoms with Crippen molar-refractivity contribution in [3.05, 3.63) is 106 Å². The number of hydrogen-bond acceptors (Lipinski definition) is 0.